The molecule has 1 atom stereocenters. The maximum absolute atomic E-state index is 12.4. The molecule has 2 aliphatic rings. The van der Waals surface area contributed by atoms with Gasteiger partial charge in [0.25, 0.3) is 5.91 Å². The van der Waals surface area contributed by atoms with Crippen LogP contribution in [0.4, 0.5) is 0 Å². The Morgan fingerprint density at radius 3 is 2.84 bits per heavy atom. The van der Waals surface area contributed by atoms with Crippen LogP contribution in [0.25, 0.3) is 0 Å². The van der Waals surface area contributed by atoms with E-state index in [0.717, 1.165) is 12.1 Å². The van der Waals surface area contributed by atoms with Gasteiger partial charge in [0.2, 0.25) is 5.88 Å². The molecule has 1 aliphatic heterocycles. The lowest BCUT2D eigenvalue weighted by molar-refractivity contribution is 0.0782. The molecule has 2 aromatic heterocycles. The maximum Gasteiger partial charge on any atom is 0.255 e. The Labute approximate surface area is 145 Å². The van der Waals surface area contributed by atoms with E-state index in [-0.39, 0.29) is 17.6 Å². The van der Waals surface area contributed by atoms with Crippen molar-refractivity contribution in [3.63, 3.8) is 0 Å². The number of hydrogen-bond acceptors (Lipinski definition) is 6. The SMILES string of the molecule is O=C(c1cncc(O)c1)N1CCC(COc2ccc(C3CC3)nn2)C1. The van der Waals surface area contributed by atoms with Crippen LogP contribution in [0.3, 0.4) is 0 Å². The van der Waals surface area contributed by atoms with Gasteiger partial charge in [-0.1, -0.05) is 0 Å². The summed E-state index contributed by atoms with van der Waals surface area (Å²) >= 11 is 0. The molecule has 3 heterocycles. The first-order valence-electron chi connectivity index (χ1n) is 8.59. The van der Waals surface area contributed by atoms with Crippen LogP contribution in [-0.2, 0) is 0 Å². The summed E-state index contributed by atoms with van der Waals surface area (Å²) < 4.78 is 5.73. The summed E-state index contributed by atoms with van der Waals surface area (Å²) in [5.41, 5.74) is 1.45. The second-order valence-corrected chi connectivity index (χ2v) is 6.72. The molecule has 4 rings (SSSR count). The number of aromatic nitrogens is 3. The van der Waals surface area contributed by atoms with E-state index in [0.29, 0.717) is 37.1 Å². The first-order valence-corrected chi connectivity index (χ1v) is 8.59. The number of aromatic hydroxyl groups is 1. The number of ether oxygens (including phenoxy) is 1. The highest BCUT2D eigenvalue weighted by Gasteiger charge is 2.28. The highest BCUT2D eigenvalue weighted by Crippen LogP contribution is 2.38. The molecule has 25 heavy (non-hydrogen) atoms. The topological polar surface area (TPSA) is 88.4 Å². The van der Waals surface area contributed by atoms with E-state index in [2.05, 4.69) is 15.2 Å². The van der Waals surface area contributed by atoms with Gasteiger partial charge in [-0.3, -0.25) is 9.78 Å². The molecule has 0 aromatic carbocycles. The minimum absolute atomic E-state index is 0.00171. The van der Waals surface area contributed by atoms with Crippen molar-refractivity contribution in [2.45, 2.75) is 25.2 Å². The fourth-order valence-corrected chi connectivity index (χ4v) is 3.09. The van der Waals surface area contributed by atoms with Gasteiger partial charge in [-0.2, -0.15) is 5.10 Å². The molecule has 1 saturated heterocycles. The van der Waals surface area contributed by atoms with E-state index in [1.165, 1.54) is 31.3 Å². The van der Waals surface area contributed by atoms with Gasteiger partial charge < -0.3 is 14.7 Å². The fraction of sp³-hybridized carbons (Fsp3) is 0.444. The van der Waals surface area contributed by atoms with Gasteiger partial charge in [0.05, 0.1) is 24.1 Å². The van der Waals surface area contributed by atoms with Crippen molar-refractivity contribution in [3.05, 3.63) is 41.9 Å². The van der Waals surface area contributed by atoms with Gasteiger partial charge in [0.1, 0.15) is 5.75 Å². The fourth-order valence-electron chi connectivity index (χ4n) is 3.09. The molecule has 1 saturated carbocycles. The van der Waals surface area contributed by atoms with Crippen molar-refractivity contribution in [2.75, 3.05) is 19.7 Å². The van der Waals surface area contributed by atoms with Crippen LogP contribution in [0.2, 0.25) is 0 Å². The van der Waals surface area contributed by atoms with Gasteiger partial charge in [-0.05, 0) is 31.4 Å². The van der Waals surface area contributed by atoms with Gasteiger partial charge in [0.15, 0.2) is 0 Å². The Balaban J connectivity index is 1.29. The van der Waals surface area contributed by atoms with E-state index in [1.54, 1.807) is 4.90 Å². The lowest BCUT2D eigenvalue weighted by Crippen LogP contribution is -2.29. The molecule has 0 bridgehead atoms. The Kier molecular flexibility index (Phi) is 4.21. The molecule has 7 heteroatoms. The second kappa shape index (κ2) is 6.66. The largest absolute Gasteiger partial charge is 0.506 e. The highest BCUT2D eigenvalue weighted by molar-refractivity contribution is 5.94. The summed E-state index contributed by atoms with van der Waals surface area (Å²) in [6.45, 7) is 1.82. The van der Waals surface area contributed by atoms with Crippen molar-refractivity contribution >= 4 is 5.91 Å². The smallest absolute Gasteiger partial charge is 0.255 e. The monoisotopic (exact) mass is 340 g/mol. The number of likely N-dealkylation sites (tertiary alicyclic amines) is 1. The van der Waals surface area contributed by atoms with Crippen molar-refractivity contribution < 1.29 is 14.6 Å². The predicted octanol–water partition coefficient (Wildman–Crippen LogP) is 2.00. The molecule has 7 nitrogen and oxygen atoms in total. The van der Waals surface area contributed by atoms with E-state index < -0.39 is 0 Å². The molecule has 1 amide bonds. The van der Waals surface area contributed by atoms with E-state index >= 15 is 0 Å². The number of pyridine rings is 1. The van der Waals surface area contributed by atoms with Crippen molar-refractivity contribution in [3.8, 4) is 11.6 Å². The molecule has 0 radical (unpaired) electrons. The number of carbonyl (C=O) groups excluding carboxylic acids is 1. The molecule has 2 fully saturated rings. The Morgan fingerprint density at radius 2 is 2.12 bits per heavy atom. The summed E-state index contributed by atoms with van der Waals surface area (Å²) in [7, 11) is 0. The average molecular weight is 340 g/mol. The number of hydrogen-bond donors (Lipinski definition) is 1. The summed E-state index contributed by atoms with van der Waals surface area (Å²) in [6, 6.07) is 5.30. The number of nitrogens with zero attached hydrogens (tertiary/aromatic N) is 4. The Morgan fingerprint density at radius 1 is 1.24 bits per heavy atom. The number of amides is 1. The standard InChI is InChI=1S/C18H20N4O3/c23-15-7-14(8-19-9-15)18(24)22-6-5-12(10-22)11-25-17-4-3-16(20-21-17)13-1-2-13/h3-4,7-9,12-13,23H,1-2,5-6,10-11H2. The molecule has 2 aromatic rings. The van der Waals surface area contributed by atoms with Crippen LogP contribution in [0, 0.1) is 5.92 Å². The van der Waals surface area contributed by atoms with Gasteiger partial charge in [-0.25, -0.2) is 0 Å². The molecular formula is C18H20N4O3. The highest BCUT2D eigenvalue weighted by atomic mass is 16.5. The third kappa shape index (κ3) is 3.70. The molecule has 0 spiro atoms. The third-order valence-electron chi connectivity index (χ3n) is 4.67. The zero-order valence-corrected chi connectivity index (χ0v) is 13.8. The molecule has 1 N–H and O–H groups in total. The predicted molar refractivity (Wildman–Crippen MR) is 89.4 cm³/mol. The second-order valence-electron chi connectivity index (χ2n) is 6.72. The zero-order chi connectivity index (χ0) is 17.2. The lowest BCUT2D eigenvalue weighted by Gasteiger charge is -2.16. The maximum atomic E-state index is 12.4. The van der Waals surface area contributed by atoms with E-state index in [9.17, 15) is 9.90 Å². The Bertz CT molecular complexity index is 761. The average Bonchev–Trinajstić information content (AvgIpc) is 3.38. The van der Waals surface area contributed by atoms with E-state index in [4.69, 9.17) is 4.74 Å². The van der Waals surface area contributed by atoms with Gasteiger partial charge in [0, 0.05) is 37.2 Å². The normalized spacial score (nSPS) is 19.8. The first kappa shape index (κ1) is 15.8. The number of carbonyl (C=O) groups is 1. The van der Waals surface area contributed by atoms with Crippen molar-refractivity contribution in [2.24, 2.45) is 5.92 Å². The molecule has 1 aliphatic carbocycles. The summed E-state index contributed by atoms with van der Waals surface area (Å²) in [6.07, 6.45) is 6.08. The molecule has 130 valence electrons. The third-order valence-corrected chi connectivity index (χ3v) is 4.67. The van der Waals surface area contributed by atoms with Crippen LogP contribution in [-0.4, -0.2) is 50.8 Å². The first-order chi connectivity index (χ1) is 12.2. The minimum atomic E-state index is -0.112. The summed E-state index contributed by atoms with van der Waals surface area (Å²) in [5, 5.41) is 17.8. The van der Waals surface area contributed by atoms with Gasteiger partial charge >= 0.3 is 0 Å². The van der Waals surface area contributed by atoms with Crippen LogP contribution in [0.15, 0.2) is 30.6 Å². The summed E-state index contributed by atoms with van der Waals surface area (Å²) in [5.74, 6) is 1.27. The minimum Gasteiger partial charge on any atom is -0.506 e. The number of rotatable bonds is 5. The van der Waals surface area contributed by atoms with Crippen molar-refractivity contribution in [1.29, 1.82) is 0 Å². The van der Waals surface area contributed by atoms with E-state index in [1.807, 2.05) is 12.1 Å². The molecular weight excluding hydrogens is 320 g/mol. The quantitative estimate of drug-likeness (QED) is 0.895. The van der Waals surface area contributed by atoms with Crippen LogP contribution in [0.5, 0.6) is 11.6 Å². The molecule has 1 unspecified atom stereocenters. The van der Waals surface area contributed by atoms with Crippen LogP contribution < -0.4 is 4.74 Å². The van der Waals surface area contributed by atoms with Crippen LogP contribution in [0.1, 0.15) is 41.2 Å². The zero-order valence-electron chi connectivity index (χ0n) is 13.8. The Hall–Kier alpha value is -2.70. The van der Waals surface area contributed by atoms with Crippen LogP contribution >= 0.6 is 0 Å². The lowest BCUT2D eigenvalue weighted by atomic mass is 10.1. The summed E-state index contributed by atoms with van der Waals surface area (Å²) in [4.78, 5) is 18.1. The van der Waals surface area contributed by atoms with Crippen molar-refractivity contribution in [1.82, 2.24) is 20.1 Å². The van der Waals surface area contributed by atoms with Gasteiger partial charge in [-0.15, -0.1) is 5.10 Å².